The Kier molecular flexibility index (Phi) is 4.13. The second-order valence-corrected chi connectivity index (χ2v) is 4.03. The number of hydrogen-bond acceptors (Lipinski definition) is 5. The monoisotopic (exact) mass is 290 g/mol. The number of aromatic carboxylic acids is 1. The first-order valence-electron chi connectivity index (χ1n) is 6.01. The van der Waals surface area contributed by atoms with Crippen molar-refractivity contribution >= 4 is 17.7 Å². The lowest BCUT2D eigenvalue weighted by atomic mass is 10.1. The lowest BCUT2D eigenvalue weighted by Gasteiger charge is -2.32. The lowest BCUT2D eigenvalue weighted by molar-refractivity contribution is 0.0696. The summed E-state index contributed by atoms with van der Waals surface area (Å²) in [5.41, 5.74) is 0.317. The molecule has 7 nitrogen and oxygen atoms in total. The van der Waals surface area contributed by atoms with Crippen LogP contribution in [0.4, 0.5) is 10.5 Å². The van der Waals surface area contributed by atoms with Crippen molar-refractivity contribution in [2.24, 2.45) is 0 Å². The molecule has 1 heterocycles. The number of carbonyl (C=O) groups excluding carboxylic acids is 1. The highest BCUT2D eigenvalue weighted by atomic mass is 16.5. The zero-order valence-corrected chi connectivity index (χ0v) is 11.5. The summed E-state index contributed by atoms with van der Waals surface area (Å²) in [6.07, 6.45) is 5.68. The summed E-state index contributed by atoms with van der Waals surface area (Å²) in [5, 5.41) is 11.8. The fourth-order valence-corrected chi connectivity index (χ4v) is 1.85. The molecular weight excluding hydrogens is 276 g/mol. The Morgan fingerprint density at radius 1 is 1.14 bits per heavy atom. The Labute approximate surface area is 121 Å². The molecule has 0 aromatic heterocycles. The molecule has 0 saturated heterocycles. The molecule has 0 fully saturated rings. The SMILES string of the molecule is COC(=O)N1C=CC=CN1c1cc(OC)ccc1C(=O)O. The third kappa shape index (κ3) is 2.81. The summed E-state index contributed by atoms with van der Waals surface area (Å²) >= 11 is 0. The first kappa shape index (κ1) is 14.4. The third-order valence-corrected chi connectivity index (χ3v) is 2.84. The third-order valence-electron chi connectivity index (χ3n) is 2.84. The number of hydrazine groups is 1. The van der Waals surface area contributed by atoms with E-state index >= 15 is 0 Å². The minimum Gasteiger partial charge on any atom is -0.497 e. The normalized spacial score (nSPS) is 13.2. The Morgan fingerprint density at radius 2 is 1.86 bits per heavy atom. The molecule has 0 aliphatic carbocycles. The van der Waals surface area contributed by atoms with Crippen molar-refractivity contribution in [3.05, 3.63) is 48.3 Å². The molecule has 1 amide bonds. The average molecular weight is 290 g/mol. The molecule has 0 atom stereocenters. The van der Waals surface area contributed by atoms with E-state index in [2.05, 4.69) is 4.74 Å². The second-order valence-electron chi connectivity index (χ2n) is 4.03. The molecule has 0 bridgehead atoms. The first-order chi connectivity index (χ1) is 10.1. The van der Waals surface area contributed by atoms with Crippen LogP contribution in [0.5, 0.6) is 5.75 Å². The Hall–Kier alpha value is -2.96. The number of carboxylic acids is 1. The number of methoxy groups -OCH3 is 2. The number of benzene rings is 1. The lowest BCUT2D eigenvalue weighted by Crippen LogP contribution is -2.41. The molecule has 1 aromatic carbocycles. The van der Waals surface area contributed by atoms with Crippen molar-refractivity contribution in [2.75, 3.05) is 19.2 Å². The number of nitrogens with zero attached hydrogens (tertiary/aromatic N) is 2. The summed E-state index contributed by atoms with van der Waals surface area (Å²) in [6.45, 7) is 0. The molecule has 1 aliphatic heterocycles. The molecular formula is C14H14N2O5. The van der Waals surface area contributed by atoms with Gasteiger partial charge in [-0.3, -0.25) is 5.01 Å². The summed E-state index contributed by atoms with van der Waals surface area (Å²) in [7, 11) is 2.72. The summed E-state index contributed by atoms with van der Waals surface area (Å²) in [4.78, 5) is 23.2. The van der Waals surface area contributed by atoms with Gasteiger partial charge in [-0.05, 0) is 24.3 Å². The van der Waals surface area contributed by atoms with Crippen LogP contribution in [0, 0.1) is 0 Å². The van der Waals surface area contributed by atoms with Crippen LogP contribution in [-0.2, 0) is 4.74 Å². The number of allylic oxidation sites excluding steroid dienone is 2. The van der Waals surface area contributed by atoms with Crippen LogP contribution in [0.2, 0.25) is 0 Å². The van der Waals surface area contributed by atoms with E-state index in [9.17, 15) is 14.7 Å². The molecule has 2 rings (SSSR count). The van der Waals surface area contributed by atoms with Gasteiger partial charge in [0.25, 0.3) is 0 Å². The van der Waals surface area contributed by atoms with Gasteiger partial charge in [-0.1, -0.05) is 0 Å². The van der Waals surface area contributed by atoms with Crippen molar-refractivity contribution in [1.82, 2.24) is 5.01 Å². The number of rotatable bonds is 3. The van der Waals surface area contributed by atoms with E-state index in [1.54, 1.807) is 24.4 Å². The van der Waals surface area contributed by atoms with Crippen LogP contribution in [0.15, 0.2) is 42.8 Å². The topological polar surface area (TPSA) is 79.3 Å². The number of hydrogen-bond donors (Lipinski definition) is 1. The van der Waals surface area contributed by atoms with Gasteiger partial charge in [0.05, 0.1) is 25.5 Å². The van der Waals surface area contributed by atoms with Gasteiger partial charge in [-0.2, -0.15) is 5.01 Å². The van der Waals surface area contributed by atoms with Gasteiger partial charge in [-0.25, -0.2) is 9.59 Å². The molecule has 0 saturated carbocycles. The van der Waals surface area contributed by atoms with Gasteiger partial charge in [0.15, 0.2) is 0 Å². The zero-order valence-electron chi connectivity index (χ0n) is 11.5. The fraction of sp³-hybridized carbons (Fsp3) is 0.143. The molecule has 21 heavy (non-hydrogen) atoms. The zero-order chi connectivity index (χ0) is 15.4. The summed E-state index contributed by atoms with van der Waals surface area (Å²) in [5.74, 6) is -0.636. The Morgan fingerprint density at radius 3 is 2.48 bits per heavy atom. The van der Waals surface area contributed by atoms with Gasteiger partial charge >= 0.3 is 12.1 Å². The molecule has 1 N–H and O–H groups in total. The smallest absolute Gasteiger partial charge is 0.433 e. The Bertz CT molecular complexity index is 624. The van der Waals surface area contributed by atoms with E-state index in [0.717, 1.165) is 5.01 Å². The van der Waals surface area contributed by atoms with Crippen molar-refractivity contribution in [3.8, 4) is 5.75 Å². The number of carbonyl (C=O) groups is 2. The van der Waals surface area contributed by atoms with Crippen molar-refractivity contribution in [2.45, 2.75) is 0 Å². The quantitative estimate of drug-likeness (QED) is 0.919. The predicted molar refractivity (Wildman–Crippen MR) is 75.0 cm³/mol. The second kappa shape index (κ2) is 6.00. The van der Waals surface area contributed by atoms with Crippen LogP contribution >= 0.6 is 0 Å². The molecule has 0 unspecified atom stereocenters. The first-order valence-corrected chi connectivity index (χ1v) is 6.01. The molecule has 110 valence electrons. The van der Waals surface area contributed by atoms with Crippen LogP contribution in [0.25, 0.3) is 0 Å². The highest BCUT2D eigenvalue weighted by molar-refractivity contribution is 5.95. The van der Waals surface area contributed by atoms with E-state index in [-0.39, 0.29) is 11.3 Å². The van der Waals surface area contributed by atoms with Gasteiger partial charge in [0.1, 0.15) is 5.75 Å². The highest BCUT2D eigenvalue weighted by Crippen LogP contribution is 2.29. The standard InChI is InChI=1S/C14H14N2O5/c1-20-10-5-6-11(13(17)18)12(9-10)15-7-3-4-8-16(15)14(19)21-2/h3-9H,1-2H3,(H,17,18). The predicted octanol–water partition coefficient (Wildman–Crippen LogP) is 2.22. The maximum absolute atomic E-state index is 11.8. The highest BCUT2D eigenvalue weighted by Gasteiger charge is 2.25. The van der Waals surface area contributed by atoms with Gasteiger partial charge in [0.2, 0.25) is 0 Å². The Balaban J connectivity index is 2.52. The molecule has 1 aliphatic rings. The molecule has 0 spiro atoms. The molecule has 7 heteroatoms. The van der Waals surface area contributed by atoms with Gasteiger partial charge in [0, 0.05) is 18.5 Å². The number of ether oxygens (including phenoxy) is 2. The van der Waals surface area contributed by atoms with Crippen molar-refractivity contribution < 1.29 is 24.2 Å². The van der Waals surface area contributed by atoms with Gasteiger partial charge < -0.3 is 14.6 Å². The molecule has 0 radical (unpaired) electrons. The van der Waals surface area contributed by atoms with E-state index in [1.165, 1.54) is 37.6 Å². The van der Waals surface area contributed by atoms with E-state index < -0.39 is 12.1 Å². The number of amides is 1. The molecule has 1 aromatic rings. The average Bonchev–Trinajstić information content (AvgIpc) is 2.53. The minimum atomic E-state index is -1.11. The summed E-state index contributed by atoms with van der Waals surface area (Å²) in [6, 6.07) is 4.49. The van der Waals surface area contributed by atoms with Crippen molar-refractivity contribution in [1.29, 1.82) is 0 Å². The summed E-state index contributed by atoms with van der Waals surface area (Å²) < 4.78 is 9.79. The largest absolute Gasteiger partial charge is 0.497 e. The fourth-order valence-electron chi connectivity index (χ4n) is 1.85. The van der Waals surface area contributed by atoms with Crippen LogP contribution in [0.1, 0.15) is 10.4 Å². The maximum atomic E-state index is 11.8. The van der Waals surface area contributed by atoms with E-state index in [0.29, 0.717) is 5.75 Å². The van der Waals surface area contributed by atoms with Crippen LogP contribution < -0.4 is 9.75 Å². The van der Waals surface area contributed by atoms with E-state index in [1.807, 2.05) is 0 Å². The minimum absolute atomic E-state index is 0.0321. The maximum Gasteiger partial charge on any atom is 0.433 e. The van der Waals surface area contributed by atoms with Crippen LogP contribution in [-0.4, -0.2) is 36.4 Å². The number of anilines is 1. The van der Waals surface area contributed by atoms with E-state index in [4.69, 9.17) is 4.74 Å². The van der Waals surface area contributed by atoms with Crippen molar-refractivity contribution in [3.63, 3.8) is 0 Å². The van der Waals surface area contributed by atoms with Gasteiger partial charge in [-0.15, -0.1) is 0 Å². The van der Waals surface area contributed by atoms with Crippen LogP contribution in [0.3, 0.4) is 0 Å². The number of carboxylic acid groups (broad SMARTS) is 1.